The van der Waals surface area contributed by atoms with Crippen LogP contribution < -0.4 is 0 Å². The molecule has 0 fully saturated rings. The van der Waals surface area contributed by atoms with Crippen molar-refractivity contribution in [3.63, 3.8) is 0 Å². The van der Waals surface area contributed by atoms with Crippen LogP contribution in [0.25, 0.3) is 0 Å². The van der Waals surface area contributed by atoms with Crippen molar-refractivity contribution in [2.45, 2.75) is 5.75 Å². The zero-order valence-corrected chi connectivity index (χ0v) is 6.69. The lowest BCUT2D eigenvalue weighted by Crippen LogP contribution is -1.81. The Morgan fingerprint density at radius 2 is 2.50 bits per heavy atom. The summed E-state index contributed by atoms with van der Waals surface area (Å²) in [7, 11) is 0. The molecule has 1 aromatic heterocycles. The summed E-state index contributed by atoms with van der Waals surface area (Å²) >= 11 is 5.11. The van der Waals surface area contributed by atoms with E-state index in [0.29, 0.717) is 5.75 Å². The van der Waals surface area contributed by atoms with E-state index in [9.17, 15) is 10.1 Å². The van der Waals surface area contributed by atoms with Gasteiger partial charge in [0, 0.05) is 17.2 Å². The van der Waals surface area contributed by atoms with Gasteiger partial charge in [0.2, 0.25) is 0 Å². The van der Waals surface area contributed by atoms with E-state index < -0.39 is 4.92 Å². The van der Waals surface area contributed by atoms with Crippen LogP contribution in [-0.2, 0) is 5.75 Å². The Kier molecular flexibility index (Phi) is 2.29. The van der Waals surface area contributed by atoms with Crippen molar-refractivity contribution < 1.29 is 4.92 Å². The van der Waals surface area contributed by atoms with Gasteiger partial charge in [0.15, 0.2) is 0 Å². The fourth-order valence-corrected chi connectivity index (χ4v) is 1.58. The lowest BCUT2D eigenvalue weighted by atomic mass is 10.4. The topological polar surface area (TPSA) is 43.1 Å². The summed E-state index contributed by atoms with van der Waals surface area (Å²) in [4.78, 5) is 9.73. The summed E-state index contributed by atoms with van der Waals surface area (Å²) in [6.07, 6.45) is 0. The molecule has 1 rings (SSSR count). The zero-order chi connectivity index (χ0) is 7.56. The molecule has 0 aromatic carbocycles. The third kappa shape index (κ3) is 1.48. The summed E-state index contributed by atoms with van der Waals surface area (Å²) in [6, 6.07) is 1.54. The predicted octanol–water partition coefficient (Wildman–Crippen LogP) is 2.09. The number of rotatable bonds is 2. The van der Waals surface area contributed by atoms with E-state index in [0.717, 1.165) is 16.9 Å². The van der Waals surface area contributed by atoms with Crippen LogP contribution in [0.3, 0.4) is 0 Å². The van der Waals surface area contributed by atoms with Crippen LogP contribution in [0.2, 0.25) is 0 Å². The fraction of sp³-hybridized carbons (Fsp3) is 0.200. The minimum Gasteiger partial charge on any atom is -0.258 e. The van der Waals surface area contributed by atoms with Crippen LogP contribution in [0.5, 0.6) is 0 Å². The largest absolute Gasteiger partial charge is 0.324 e. The summed E-state index contributed by atoms with van der Waals surface area (Å²) in [6.45, 7) is 0. The van der Waals surface area contributed by atoms with E-state index in [-0.39, 0.29) is 5.00 Å². The SMILES string of the molecule is O=[N+]([O-])c1cc(CS)cs1. The monoisotopic (exact) mass is 175 g/mol. The van der Waals surface area contributed by atoms with Crippen molar-refractivity contribution >= 4 is 29.0 Å². The van der Waals surface area contributed by atoms with E-state index in [4.69, 9.17) is 0 Å². The van der Waals surface area contributed by atoms with E-state index in [1.165, 1.54) is 6.07 Å². The smallest absolute Gasteiger partial charge is 0.258 e. The maximum Gasteiger partial charge on any atom is 0.324 e. The van der Waals surface area contributed by atoms with Crippen LogP contribution >= 0.6 is 24.0 Å². The Morgan fingerprint density at radius 1 is 1.80 bits per heavy atom. The van der Waals surface area contributed by atoms with Crippen LogP contribution in [0.1, 0.15) is 5.56 Å². The Labute approximate surface area is 67.2 Å². The van der Waals surface area contributed by atoms with Gasteiger partial charge in [-0.15, -0.1) is 0 Å². The maximum absolute atomic E-state index is 10.1. The number of thiol groups is 1. The van der Waals surface area contributed by atoms with Gasteiger partial charge in [-0.05, 0) is 5.56 Å². The van der Waals surface area contributed by atoms with Gasteiger partial charge >= 0.3 is 5.00 Å². The second-order valence-corrected chi connectivity index (χ2v) is 2.91. The van der Waals surface area contributed by atoms with E-state index in [1.54, 1.807) is 5.38 Å². The second-order valence-electron chi connectivity index (χ2n) is 1.71. The van der Waals surface area contributed by atoms with E-state index in [1.807, 2.05) is 0 Å². The molecule has 0 saturated carbocycles. The first-order chi connectivity index (χ1) is 4.74. The van der Waals surface area contributed by atoms with Crippen molar-refractivity contribution in [2.24, 2.45) is 0 Å². The molecule has 1 aromatic rings. The minimum absolute atomic E-state index is 0.184. The first kappa shape index (κ1) is 7.56. The minimum atomic E-state index is -0.391. The molecule has 0 aliphatic carbocycles. The second kappa shape index (κ2) is 3.03. The maximum atomic E-state index is 10.1. The van der Waals surface area contributed by atoms with Gasteiger partial charge in [0.1, 0.15) is 0 Å². The number of nitro groups is 1. The number of hydrogen-bond donors (Lipinski definition) is 1. The van der Waals surface area contributed by atoms with Crippen molar-refractivity contribution in [1.82, 2.24) is 0 Å². The van der Waals surface area contributed by atoms with Crippen molar-refractivity contribution in [1.29, 1.82) is 0 Å². The van der Waals surface area contributed by atoms with E-state index in [2.05, 4.69) is 12.6 Å². The molecule has 0 spiro atoms. The molecule has 5 heteroatoms. The Hall–Kier alpha value is -0.550. The van der Waals surface area contributed by atoms with Crippen LogP contribution in [0.4, 0.5) is 5.00 Å². The molecule has 0 atom stereocenters. The van der Waals surface area contributed by atoms with Gasteiger partial charge in [-0.2, -0.15) is 12.6 Å². The number of nitrogens with zero attached hydrogens (tertiary/aromatic N) is 1. The molecular weight excluding hydrogens is 170 g/mol. The van der Waals surface area contributed by atoms with Crippen LogP contribution in [0.15, 0.2) is 11.4 Å². The average Bonchev–Trinajstić information content (AvgIpc) is 2.34. The van der Waals surface area contributed by atoms with Gasteiger partial charge in [-0.1, -0.05) is 11.3 Å². The van der Waals surface area contributed by atoms with Crippen molar-refractivity contribution in [3.8, 4) is 0 Å². The number of thiophene rings is 1. The normalized spacial score (nSPS) is 9.70. The Balaban J connectivity index is 2.88. The molecule has 10 heavy (non-hydrogen) atoms. The van der Waals surface area contributed by atoms with Crippen LogP contribution in [-0.4, -0.2) is 4.92 Å². The molecule has 0 aliphatic heterocycles. The van der Waals surface area contributed by atoms with Gasteiger partial charge in [-0.25, -0.2) is 0 Å². The highest BCUT2D eigenvalue weighted by Crippen LogP contribution is 2.23. The van der Waals surface area contributed by atoms with Crippen molar-refractivity contribution in [3.05, 3.63) is 27.1 Å². The molecular formula is C5H5NO2S2. The molecule has 0 N–H and O–H groups in total. The van der Waals surface area contributed by atoms with Crippen LogP contribution in [0, 0.1) is 10.1 Å². The van der Waals surface area contributed by atoms with Gasteiger partial charge in [-0.3, -0.25) is 10.1 Å². The Morgan fingerprint density at radius 3 is 2.80 bits per heavy atom. The summed E-state index contributed by atoms with van der Waals surface area (Å²) in [5.74, 6) is 0.560. The molecule has 54 valence electrons. The summed E-state index contributed by atoms with van der Waals surface area (Å²) in [5, 5.41) is 12.0. The molecule has 0 unspecified atom stereocenters. The fourth-order valence-electron chi connectivity index (χ4n) is 0.541. The molecule has 0 bridgehead atoms. The predicted molar refractivity (Wildman–Crippen MR) is 43.7 cm³/mol. The molecule has 0 aliphatic rings. The molecule has 0 radical (unpaired) electrons. The third-order valence-electron chi connectivity index (χ3n) is 1.00. The first-order valence-electron chi connectivity index (χ1n) is 2.56. The lowest BCUT2D eigenvalue weighted by Gasteiger charge is -1.80. The average molecular weight is 175 g/mol. The highest BCUT2D eigenvalue weighted by atomic mass is 32.1. The highest BCUT2D eigenvalue weighted by molar-refractivity contribution is 7.79. The van der Waals surface area contributed by atoms with Crippen molar-refractivity contribution in [2.75, 3.05) is 0 Å². The van der Waals surface area contributed by atoms with Gasteiger partial charge < -0.3 is 0 Å². The molecule has 0 amide bonds. The zero-order valence-electron chi connectivity index (χ0n) is 4.98. The molecule has 3 nitrogen and oxygen atoms in total. The standard InChI is InChI=1S/C5H5NO2S2/c7-6(8)5-1-4(2-9)3-10-5/h1,3,9H,2H2. The molecule has 1 heterocycles. The quantitative estimate of drug-likeness (QED) is 0.425. The van der Waals surface area contributed by atoms with Gasteiger partial charge in [0.05, 0.1) is 4.92 Å². The first-order valence-corrected chi connectivity index (χ1v) is 4.08. The lowest BCUT2D eigenvalue weighted by molar-refractivity contribution is -0.380. The summed E-state index contributed by atoms with van der Waals surface area (Å²) < 4.78 is 0. The van der Waals surface area contributed by atoms with Gasteiger partial charge in [0.25, 0.3) is 0 Å². The third-order valence-corrected chi connectivity index (χ3v) is 2.30. The summed E-state index contributed by atoms with van der Waals surface area (Å²) in [5.41, 5.74) is 0.903. The molecule has 0 saturated heterocycles. The number of hydrogen-bond acceptors (Lipinski definition) is 4. The Bertz CT molecular complexity index is 246. The van der Waals surface area contributed by atoms with E-state index >= 15 is 0 Å². The highest BCUT2D eigenvalue weighted by Gasteiger charge is 2.07.